The number of hydrogen-bond donors (Lipinski definition) is 0. The average molecular weight is 258 g/mol. The molecule has 0 spiro atoms. The lowest BCUT2D eigenvalue weighted by Crippen LogP contribution is -2.24. The van der Waals surface area contributed by atoms with Crippen molar-refractivity contribution in [2.24, 2.45) is 0 Å². The summed E-state index contributed by atoms with van der Waals surface area (Å²) in [6, 6.07) is 0. The molecule has 0 aromatic rings. The van der Waals surface area contributed by atoms with E-state index in [1.54, 1.807) is 13.8 Å². The van der Waals surface area contributed by atoms with Crippen LogP contribution < -0.4 is 9.79 Å². The first-order chi connectivity index (χ1) is 6.91. The van der Waals surface area contributed by atoms with Crippen LogP contribution in [0, 0.1) is 0 Å². The molecule has 0 aromatic heterocycles. The van der Waals surface area contributed by atoms with Gasteiger partial charge in [-0.1, -0.05) is 0 Å². The van der Waals surface area contributed by atoms with Crippen molar-refractivity contribution < 1.29 is 32.7 Å². The Bertz CT molecular complexity index is 200. The highest BCUT2D eigenvalue weighted by Crippen LogP contribution is 2.13. The Hall–Kier alpha value is -0.0000000000000000208. The third kappa shape index (κ3) is 10.3. The summed E-state index contributed by atoms with van der Waals surface area (Å²) in [5, 5.41) is 0. The van der Waals surface area contributed by atoms with Crippen LogP contribution in [0.5, 0.6) is 0 Å². The Labute approximate surface area is 89.2 Å². The molecule has 0 rings (SSSR count). The first-order valence-electron chi connectivity index (χ1n) is 4.12. The van der Waals surface area contributed by atoms with Gasteiger partial charge in [0, 0.05) is 0 Å². The first kappa shape index (κ1) is 15.0. The molecule has 0 aliphatic rings. The molecule has 0 aromatic carbocycles. The third-order valence-corrected chi connectivity index (χ3v) is 2.01. The van der Waals surface area contributed by atoms with Crippen LogP contribution in [-0.4, -0.2) is 25.4 Å². The molecule has 88 valence electrons. The van der Waals surface area contributed by atoms with Crippen molar-refractivity contribution in [1.29, 1.82) is 0 Å². The summed E-state index contributed by atoms with van der Waals surface area (Å²) in [6.45, 7) is 3.00. The van der Waals surface area contributed by atoms with Gasteiger partial charge in [-0.05, 0) is 23.0 Å². The zero-order chi connectivity index (χ0) is 11.8. The molecule has 0 bridgehead atoms. The van der Waals surface area contributed by atoms with Crippen LogP contribution in [0.2, 0.25) is 0 Å². The van der Waals surface area contributed by atoms with Crippen LogP contribution in [0.4, 0.5) is 0 Å². The SMILES string of the molecule is CC(CO[P+](=O)[O-])OC(C)CO[P+](=O)[O-]. The van der Waals surface area contributed by atoms with Gasteiger partial charge in [-0.15, -0.1) is 9.05 Å². The summed E-state index contributed by atoms with van der Waals surface area (Å²) in [6.07, 6.45) is -0.915. The van der Waals surface area contributed by atoms with E-state index in [2.05, 4.69) is 9.05 Å². The van der Waals surface area contributed by atoms with E-state index < -0.39 is 28.7 Å². The maximum atomic E-state index is 10.1. The maximum Gasteiger partial charge on any atom is 0.488 e. The number of hydrogen-bond acceptors (Lipinski definition) is 7. The van der Waals surface area contributed by atoms with E-state index in [1.807, 2.05) is 0 Å². The Morgan fingerprint density at radius 1 is 1.00 bits per heavy atom. The fraction of sp³-hybridized carbons (Fsp3) is 1.00. The summed E-state index contributed by atoms with van der Waals surface area (Å²) in [4.78, 5) is 20.1. The largest absolute Gasteiger partial charge is 0.566 e. The van der Waals surface area contributed by atoms with Gasteiger partial charge in [0.1, 0.15) is 13.2 Å². The zero-order valence-electron chi connectivity index (χ0n) is 8.32. The maximum absolute atomic E-state index is 10.1. The van der Waals surface area contributed by atoms with Gasteiger partial charge < -0.3 is 14.5 Å². The molecule has 0 aliphatic heterocycles. The second-order valence-corrected chi connectivity index (χ2v) is 4.21. The number of ether oxygens (including phenoxy) is 1. The van der Waals surface area contributed by atoms with Gasteiger partial charge in [0.15, 0.2) is 0 Å². The van der Waals surface area contributed by atoms with E-state index in [4.69, 9.17) is 4.74 Å². The van der Waals surface area contributed by atoms with Crippen LogP contribution in [0.25, 0.3) is 0 Å². The van der Waals surface area contributed by atoms with E-state index >= 15 is 0 Å². The Morgan fingerprint density at radius 2 is 1.33 bits per heavy atom. The molecule has 15 heavy (non-hydrogen) atoms. The second kappa shape index (κ2) is 8.19. The Morgan fingerprint density at radius 3 is 1.60 bits per heavy atom. The first-order valence-corrected chi connectivity index (χ1v) is 6.31. The third-order valence-electron chi connectivity index (χ3n) is 1.29. The lowest BCUT2D eigenvalue weighted by molar-refractivity contribution is -0.190. The normalized spacial score (nSPS) is 17.1. The Kier molecular flexibility index (Phi) is 8.19. The van der Waals surface area contributed by atoms with Gasteiger partial charge in [0.25, 0.3) is 0 Å². The quantitative estimate of drug-likeness (QED) is 0.557. The van der Waals surface area contributed by atoms with Gasteiger partial charge >= 0.3 is 16.5 Å². The zero-order valence-corrected chi connectivity index (χ0v) is 10.1. The Balaban J connectivity index is 3.61. The molecule has 0 fully saturated rings. The average Bonchev–Trinajstić information content (AvgIpc) is 2.11. The highest BCUT2D eigenvalue weighted by Gasteiger charge is 2.15. The summed E-state index contributed by atoms with van der Waals surface area (Å²) in [5.41, 5.74) is 0. The van der Waals surface area contributed by atoms with E-state index in [-0.39, 0.29) is 13.2 Å². The fourth-order valence-electron chi connectivity index (χ4n) is 0.807. The van der Waals surface area contributed by atoms with Crippen LogP contribution in [0.15, 0.2) is 0 Å². The summed E-state index contributed by atoms with van der Waals surface area (Å²) >= 11 is 0. The topological polar surface area (TPSA) is 108 Å². The van der Waals surface area contributed by atoms with Gasteiger partial charge in [0.2, 0.25) is 0 Å². The van der Waals surface area contributed by atoms with Crippen molar-refractivity contribution in [2.45, 2.75) is 26.1 Å². The highest BCUT2D eigenvalue weighted by molar-refractivity contribution is 7.30. The molecule has 4 unspecified atom stereocenters. The molecular weight excluding hydrogens is 246 g/mol. The molecule has 0 N–H and O–H groups in total. The van der Waals surface area contributed by atoms with Crippen molar-refractivity contribution in [1.82, 2.24) is 0 Å². The minimum atomic E-state index is -2.88. The van der Waals surface area contributed by atoms with Gasteiger partial charge in [-0.25, -0.2) is 0 Å². The molecule has 0 saturated carbocycles. The minimum Gasteiger partial charge on any atom is -0.566 e. The van der Waals surface area contributed by atoms with Crippen molar-refractivity contribution in [3.8, 4) is 0 Å². The molecule has 9 heteroatoms. The van der Waals surface area contributed by atoms with Gasteiger partial charge in [-0.2, -0.15) is 0 Å². The molecule has 0 radical (unpaired) electrons. The van der Waals surface area contributed by atoms with Crippen molar-refractivity contribution in [3.63, 3.8) is 0 Å². The molecule has 0 heterocycles. The highest BCUT2D eigenvalue weighted by atomic mass is 31.1. The molecule has 7 nitrogen and oxygen atoms in total. The lowest BCUT2D eigenvalue weighted by atomic mass is 10.4. The van der Waals surface area contributed by atoms with Gasteiger partial charge in [-0.3, -0.25) is 0 Å². The van der Waals surface area contributed by atoms with Crippen LogP contribution in [0.1, 0.15) is 13.8 Å². The molecule has 0 saturated heterocycles. The van der Waals surface area contributed by atoms with Gasteiger partial charge in [0.05, 0.1) is 12.2 Å². The standard InChI is InChI=1S/C6H12O7P2/c1-5(3-11-14(7)8)13-6(2)4-12-15(9)10/h5-6H,3-4H2,1-2H3. The van der Waals surface area contributed by atoms with Crippen LogP contribution in [-0.2, 0) is 22.9 Å². The van der Waals surface area contributed by atoms with E-state index in [0.717, 1.165) is 0 Å². The molecule has 0 aliphatic carbocycles. The van der Waals surface area contributed by atoms with E-state index in [0.29, 0.717) is 0 Å². The molecule has 0 amide bonds. The fourth-order valence-corrected chi connectivity index (χ4v) is 1.47. The van der Waals surface area contributed by atoms with Crippen LogP contribution >= 0.6 is 16.5 Å². The monoisotopic (exact) mass is 258 g/mol. The van der Waals surface area contributed by atoms with Crippen molar-refractivity contribution >= 4 is 16.5 Å². The predicted molar refractivity (Wildman–Crippen MR) is 47.1 cm³/mol. The van der Waals surface area contributed by atoms with Crippen molar-refractivity contribution in [3.05, 3.63) is 0 Å². The summed E-state index contributed by atoms with van der Waals surface area (Å²) < 4.78 is 33.9. The molecular formula is C6H12O7P2. The second-order valence-electron chi connectivity index (χ2n) is 2.80. The smallest absolute Gasteiger partial charge is 0.488 e. The molecule has 4 atom stereocenters. The number of rotatable bonds is 8. The summed E-state index contributed by atoms with van der Waals surface area (Å²) in [5.74, 6) is 0. The summed E-state index contributed by atoms with van der Waals surface area (Å²) in [7, 11) is -5.77. The van der Waals surface area contributed by atoms with Crippen LogP contribution in [0.3, 0.4) is 0 Å². The lowest BCUT2D eigenvalue weighted by Gasteiger charge is -2.15. The predicted octanol–water partition coefficient (Wildman–Crippen LogP) is -0.151. The van der Waals surface area contributed by atoms with Crippen molar-refractivity contribution in [2.75, 3.05) is 13.2 Å². The van der Waals surface area contributed by atoms with E-state index in [9.17, 15) is 18.9 Å². The van der Waals surface area contributed by atoms with E-state index in [1.165, 1.54) is 0 Å². The minimum absolute atomic E-state index is 0.105.